The minimum atomic E-state index is -0.576. The van der Waals surface area contributed by atoms with Gasteiger partial charge in [0.25, 0.3) is 0 Å². The molecule has 0 radical (unpaired) electrons. The van der Waals surface area contributed by atoms with Crippen molar-refractivity contribution in [1.82, 2.24) is 0 Å². The number of aromatic hydroxyl groups is 2. The molecule has 0 saturated heterocycles. The van der Waals surface area contributed by atoms with E-state index in [1.807, 2.05) is 166 Å². The molecule has 75 heavy (non-hydrogen) atoms. The van der Waals surface area contributed by atoms with E-state index in [-0.39, 0.29) is 37.9 Å². The van der Waals surface area contributed by atoms with E-state index in [4.69, 9.17) is 23.7 Å². The number of phenols is 2. The monoisotopic (exact) mass is 1030 g/mol. The summed E-state index contributed by atoms with van der Waals surface area (Å²) in [5.74, 6) is -1.22. The van der Waals surface area contributed by atoms with Gasteiger partial charge in [0.1, 0.15) is 36.2 Å². The van der Waals surface area contributed by atoms with Crippen LogP contribution in [0.1, 0.15) is 252 Å². The lowest BCUT2D eigenvalue weighted by molar-refractivity contribution is 0.0150. The van der Waals surface area contributed by atoms with Crippen molar-refractivity contribution in [2.45, 2.75) is 209 Å². The first-order valence-corrected chi connectivity index (χ1v) is 26.3. The highest BCUT2D eigenvalue weighted by Crippen LogP contribution is 2.46. The van der Waals surface area contributed by atoms with Crippen molar-refractivity contribution < 1.29 is 53.1 Å². The molecule has 0 aromatic heterocycles. The second-order valence-corrected chi connectivity index (χ2v) is 28.3. The molecule has 0 atom stereocenters. The Bertz CT molecular complexity index is 2460. The quantitative estimate of drug-likeness (QED) is 0.0791. The van der Waals surface area contributed by atoms with Crippen molar-refractivity contribution in [2.24, 2.45) is 0 Å². The molecular weight excluding hydrogens is 945 g/mol. The fourth-order valence-corrected chi connectivity index (χ4v) is 8.69. The number of benzene rings is 4. The van der Waals surface area contributed by atoms with Crippen molar-refractivity contribution in [3.63, 3.8) is 0 Å². The third-order valence-corrected chi connectivity index (χ3v) is 13.1. The predicted molar refractivity (Wildman–Crippen MR) is 300 cm³/mol. The average molecular weight is 1040 g/mol. The summed E-state index contributed by atoms with van der Waals surface area (Å²) >= 11 is 0. The van der Waals surface area contributed by atoms with Gasteiger partial charge >= 0.3 is 23.9 Å². The molecule has 0 fully saturated rings. The number of carbonyl (C=O) groups excluding carboxylic acids is 4. The van der Waals surface area contributed by atoms with E-state index in [1.54, 1.807) is 48.5 Å². The van der Waals surface area contributed by atoms with E-state index in [0.717, 1.165) is 0 Å². The molecule has 0 aliphatic heterocycles. The first-order chi connectivity index (χ1) is 33.8. The summed E-state index contributed by atoms with van der Waals surface area (Å²) in [5.41, 5.74) is 2.33. The topological polar surface area (TPSA) is 155 Å². The van der Waals surface area contributed by atoms with E-state index in [0.29, 0.717) is 78.3 Å². The summed E-state index contributed by atoms with van der Waals surface area (Å²) in [6.45, 7) is 47.6. The molecule has 11 heteroatoms. The number of phenolic OH excluding ortho intramolecular Hbond substituents is 2. The van der Waals surface area contributed by atoms with Crippen molar-refractivity contribution in [2.75, 3.05) is 26.4 Å². The van der Waals surface area contributed by atoms with Crippen LogP contribution >= 0.6 is 0 Å². The first-order valence-electron chi connectivity index (χ1n) is 26.3. The van der Waals surface area contributed by atoms with Crippen molar-refractivity contribution in [3.8, 4) is 23.0 Å². The van der Waals surface area contributed by atoms with Crippen LogP contribution in [0.2, 0.25) is 0 Å². The van der Waals surface area contributed by atoms with Gasteiger partial charge in [-0.1, -0.05) is 166 Å². The average Bonchev–Trinajstić information content (AvgIpc) is 3.22. The molecule has 0 amide bonds. The smallest absolute Gasteiger partial charge is 0.343 e. The van der Waals surface area contributed by atoms with Crippen LogP contribution in [0.3, 0.4) is 0 Å². The van der Waals surface area contributed by atoms with Gasteiger partial charge in [0.15, 0.2) is 0 Å². The summed E-state index contributed by atoms with van der Waals surface area (Å²) in [6.07, 6.45) is 0. The van der Waals surface area contributed by atoms with Gasteiger partial charge in [-0.2, -0.15) is 0 Å². The van der Waals surface area contributed by atoms with Gasteiger partial charge in [-0.05, 0) is 91.9 Å². The second kappa shape index (κ2) is 21.7. The fraction of sp³-hybridized carbons (Fsp3) is 0.562. The van der Waals surface area contributed by atoms with E-state index < -0.39 is 67.2 Å². The van der Waals surface area contributed by atoms with Gasteiger partial charge < -0.3 is 33.9 Å². The highest BCUT2D eigenvalue weighted by atomic mass is 16.6. The molecule has 2 N–H and O–H groups in total. The van der Waals surface area contributed by atoms with Crippen LogP contribution in [0.5, 0.6) is 23.0 Å². The molecule has 412 valence electrons. The molecule has 0 spiro atoms. The van der Waals surface area contributed by atoms with Crippen LogP contribution in [0.15, 0.2) is 48.5 Å². The summed E-state index contributed by atoms with van der Waals surface area (Å²) in [7, 11) is 0. The molecule has 11 nitrogen and oxygen atoms in total. The highest BCUT2D eigenvalue weighted by Gasteiger charge is 2.36. The third-order valence-electron chi connectivity index (χ3n) is 13.1. The zero-order chi connectivity index (χ0) is 57.6. The molecule has 4 aromatic carbocycles. The Morgan fingerprint density at radius 1 is 0.307 bits per heavy atom. The molecule has 0 unspecified atom stereocenters. The van der Waals surface area contributed by atoms with E-state index in [9.17, 15) is 29.4 Å². The number of ether oxygens (including phenoxy) is 5. The van der Waals surface area contributed by atoms with Crippen LogP contribution in [0, 0.1) is 0 Å². The maximum Gasteiger partial charge on any atom is 0.343 e. The maximum absolute atomic E-state index is 14.2. The molecule has 0 aliphatic rings. The lowest BCUT2D eigenvalue weighted by Crippen LogP contribution is -2.24. The van der Waals surface area contributed by atoms with E-state index in [1.165, 1.54) is 0 Å². The Morgan fingerprint density at radius 2 is 0.493 bits per heavy atom. The molecule has 0 aliphatic carbocycles. The molecule has 0 heterocycles. The highest BCUT2D eigenvalue weighted by molar-refractivity contribution is 5.95. The zero-order valence-corrected chi connectivity index (χ0v) is 50.0. The van der Waals surface area contributed by atoms with Gasteiger partial charge in [-0.25, -0.2) is 19.2 Å². The van der Waals surface area contributed by atoms with Crippen LogP contribution in [0.4, 0.5) is 0 Å². The molecule has 0 bridgehead atoms. The maximum atomic E-state index is 14.2. The summed E-state index contributed by atoms with van der Waals surface area (Å²) in [5, 5.41) is 22.7. The second-order valence-electron chi connectivity index (χ2n) is 28.3. The Morgan fingerprint density at radius 3 is 0.693 bits per heavy atom. The van der Waals surface area contributed by atoms with E-state index in [2.05, 4.69) is 0 Å². The molecule has 0 saturated carbocycles. The normalized spacial score (nSPS) is 13.1. The van der Waals surface area contributed by atoms with Crippen LogP contribution in [-0.4, -0.2) is 60.5 Å². The minimum absolute atomic E-state index is 0.0366. The number of rotatable bonds is 12. The fourth-order valence-electron chi connectivity index (χ4n) is 8.69. The SMILES string of the molecule is CC(C)(C)c1cc(C(=O)Oc2c(C(C)(C)C)cc(C(=O)OCCOCCOC(=O)c3cc(C(C)(C)C)c(OC(=O)c4cc(C(C)(C)C)c(O)c(C(C)(C)C)c4)c(C(C)(C)C)c3)cc2C(C)(C)C)cc(C(C)(C)C)c1O. The van der Waals surface area contributed by atoms with Crippen LogP contribution < -0.4 is 9.47 Å². The number of hydrogen-bond donors (Lipinski definition) is 2. The predicted octanol–water partition coefficient (Wildman–Crippen LogP) is 14.9. The van der Waals surface area contributed by atoms with Crippen molar-refractivity contribution >= 4 is 23.9 Å². The molecular formula is C64H90O11. The minimum Gasteiger partial charge on any atom is -0.507 e. The van der Waals surface area contributed by atoms with Gasteiger partial charge in [-0.3, -0.25) is 0 Å². The Hall–Kier alpha value is -5.68. The summed E-state index contributed by atoms with van der Waals surface area (Å²) < 4.78 is 29.9. The Kier molecular flexibility index (Phi) is 17.9. The van der Waals surface area contributed by atoms with Gasteiger partial charge in [0, 0.05) is 44.5 Å². The van der Waals surface area contributed by atoms with Crippen LogP contribution in [0.25, 0.3) is 0 Å². The number of hydrogen-bond acceptors (Lipinski definition) is 11. The molecule has 4 rings (SSSR count). The number of esters is 4. The molecule has 4 aromatic rings. The van der Waals surface area contributed by atoms with E-state index >= 15 is 0 Å². The van der Waals surface area contributed by atoms with Crippen molar-refractivity contribution in [3.05, 3.63) is 115 Å². The first kappa shape index (κ1) is 61.9. The Balaban J connectivity index is 1.51. The van der Waals surface area contributed by atoms with Crippen LogP contribution in [-0.2, 0) is 57.5 Å². The van der Waals surface area contributed by atoms with Gasteiger partial charge in [0.05, 0.1) is 35.5 Å². The Labute approximate surface area is 449 Å². The lowest BCUT2D eigenvalue weighted by Gasteiger charge is -2.30. The van der Waals surface area contributed by atoms with Gasteiger partial charge in [-0.15, -0.1) is 0 Å². The zero-order valence-electron chi connectivity index (χ0n) is 50.0. The summed E-state index contributed by atoms with van der Waals surface area (Å²) in [6, 6.07) is 13.7. The number of carbonyl (C=O) groups is 4. The lowest BCUT2D eigenvalue weighted by atomic mass is 9.78. The van der Waals surface area contributed by atoms with Gasteiger partial charge in [0.2, 0.25) is 0 Å². The summed E-state index contributed by atoms with van der Waals surface area (Å²) in [4.78, 5) is 55.9. The van der Waals surface area contributed by atoms with Crippen molar-refractivity contribution in [1.29, 1.82) is 0 Å². The standard InChI is InChI=1S/C64H90O11/c1-57(2,3)41-29-39(30-42(49(41)65)58(4,5)6)55(69)74-51-45(61(13,14)15)33-37(34-46(51)62(16,17)18)53(67)72-27-25-71-26-28-73-54(68)38-35-47(63(19,20)21)52(48(36-38)64(22,23)24)75-56(70)40-31-43(59(7,8)9)50(66)44(32-40)60(10,11)12/h29-36,65-66H,25-28H2,1-24H3. The third kappa shape index (κ3) is 15.3. The largest absolute Gasteiger partial charge is 0.507 e.